The molecule has 3 N–H and O–H groups in total. The highest BCUT2D eigenvalue weighted by Crippen LogP contribution is 1.96. The minimum atomic E-state index is 1.05. The Balaban J connectivity index is 3.94. The van der Waals surface area contributed by atoms with Crippen LogP contribution >= 0.6 is 0 Å². The summed E-state index contributed by atoms with van der Waals surface area (Å²) < 4.78 is 0. The molecule has 0 radical (unpaired) electrons. The van der Waals surface area contributed by atoms with Crippen molar-refractivity contribution in [2.75, 3.05) is 0 Å². The van der Waals surface area contributed by atoms with E-state index in [-0.39, 0.29) is 0 Å². The maximum atomic E-state index is 5.32. The molecular weight excluding hydrogens is 148 g/mol. The zero-order valence-electron chi connectivity index (χ0n) is 8.09. The van der Waals surface area contributed by atoms with Gasteiger partial charge in [0.2, 0.25) is 0 Å². The van der Waals surface area contributed by atoms with Gasteiger partial charge in [0.05, 0.1) is 0 Å². The van der Waals surface area contributed by atoms with E-state index < -0.39 is 0 Å². The molecule has 0 rings (SSSR count). The molecular formula is C10H18N2. The molecule has 2 nitrogen and oxygen atoms in total. The van der Waals surface area contributed by atoms with E-state index in [0.717, 1.165) is 17.7 Å². The van der Waals surface area contributed by atoms with Gasteiger partial charge in [0.1, 0.15) is 0 Å². The second-order valence-corrected chi connectivity index (χ2v) is 2.69. The van der Waals surface area contributed by atoms with Crippen LogP contribution in [-0.2, 0) is 0 Å². The molecule has 0 unspecified atom stereocenters. The van der Waals surface area contributed by atoms with Gasteiger partial charge in [-0.05, 0) is 44.3 Å². The van der Waals surface area contributed by atoms with Crippen molar-refractivity contribution in [1.82, 2.24) is 5.32 Å². The summed E-state index contributed by atoms with van der Waals surface area (Å²) in [5.41, 5.74) is 7.48. The van der Waals surface area contributed by atoms with E-state index in [0.29, 0.717) is 0 Å². The summed E-state index contributed by atoms with van der Waals surface area (Å²) in [6.45, 7) is 6.07. The zero-order chi connectivity index (χ0) is 9.40. The summed E-state index contributed by atoms with van der Waals surface area (Å²) in [5.74, 6) is 0. The predicted octanol–water partition coefficient (Wildman–Crippen LogP) is 2.27. The lowest BCUT2D eigenvalue weighted by Gasteiger charge is -1.99. The van der Waals surface area contributed by atoms with Gasteiger partial charge in [-0.25, -0.2) is 0 Å². The quantitative estimate of drug-likeness (QED) is 0.629. The molecule has 0 bridgehead atoms. The fourth-order valence-electron chi connectivity index (χ4n) is 0.740. The number of nitrogens with two attached hydrogens (primary N) is 1. The van der Waals surface area contributed by atoms with Gasteiger partial charge in [0, 0.05) is 5.70 Å². The average Bonchev–Trinajstić information content (AvgIpc) is 2.05. The Bertz CT molecular complexity index is 200. The van der Waals surface area contributed by atoms with Crippen LogP contribution in [0.3, 0.4) is 0 Å². The van der Waals surface area contributed by atoms with Gasteiger partial charge >= 0.3 is 0 Å². The Morgan fingerprint density at radius 3 is 2.58 bits per heavy atom. The van der Waals surface area contributed by atoms with Crippen LogP contribution in [0.2, 0.25) is 0 Å². The van der Waals surface area contributed by atoms with E-state index in [1.54, 1.807) is 6.20 Å². The molecule has 0 aromatic heterocycles. The van der Waals surface area contributed by atoms with Crippen molar-refractivity contribution < 1.29 is 0 Å². The molecule has 0 aromatic rings. The molecule has 0 atom stereocenters. The highest BCUT2D eigenvalue weighted by Gasteiger charge is 1.84. The molecule has 0 saturated heterocycles. The Morgan fingerprint density at radius 1 is 1.42 bits per heavy atom. The van der Waals surface area contributed by atoms with Gasteiger partial charge in [-0.3, -0.25) is 0 Å². The molecule has 0 aliphatic heterocycles. The molecule has 0 fully saturated rings. The monoisotopic (exact) mass is 166 g/mol. The fraction of sp³-hybridized carbons (Fsp3) is 0.400. The third-order valence-corrected chi connectivity index (χ3v) is 1.37. The average molecular weight is 166 g/mol. The number of hydrogen-bond acceptors (Lipinski definition) is 2. The summed E-state index contributed by atoms with van der Waals surface area (Å²) in [4.78, 5) is 0. The van der Waals surface area contributed by atoms with Crippen LogP contribution in [0.1, 0.15) is 27.2 Å². The number of allylic oxidation sites excluding steroid dienone is 4. The van der Waals surface area contributed by atoms with Crippen molar-refractivity contribution in [3.8, 4) is 0 Å². The lowest BCUT2D eigenvalue weighted by Crippen LogP contribution is -2.00. The van der Waals surface area contributed by atoms with Gasteiger partial charge in [0.15, 0.2) is 0 Å². The van der Waals surface area contributed by atoms with Crippen molar-refractivity contribution in [2.45, 2.75) is 27.2 Å². The lowest BCUT2D eigenvalue weighted by atomic mass is 10.3. The molecule has 0 aromatic carbocycles. The number of rotatable bonds is 4. The van der Waals surface area contributed by atoms with Crippen LogP contribution in [0.25, 0.3) is 0 Å². The first-order valence-corrected chi connectivity index (χ1v) is 4.19. The van der Waals surface area contributed by atoms with Gasteiger partial charge < -0.3 is 11.1 Å². The normalized spacial score (nSPS) is 13.9. The molecule has 68 valence electrons. The molecule has 0 aliphatic rings. The van der Waals surface area contributed by atoms with Gasteiger partial charge in [0.25, 0.3) is 0 Å². The van der Waals surface area contributed by atoms with Crippen molar-refractivity contribution in [3.63, 3.8) is 0 Å². The molecule has 0 spiro atoms. The highest BCUT2D eigenvalue weighted by atomic mass is 14.8. The van der Waals surface area contributed by atoms with Crippen molar-refractivity contribution in [1.29, 1.82) is 0 Å². The fourth-order valence-corrected chi connectivity index (χ4v) is 0.740. The number of nitrogens with one attached hydrogen (secondary N) is 1. The van der Waals surface area contributed by atoms with Crippen LogP contribution in [0, 0.1) is 0 Å². The van der Waals surface area contributed by atoms with E-state index in [4.69, 9.17) is 5.73 Å². The largest absolute Gasteiger partial charge is 0.404 e. The minimum Gasteiger partial charge on any atom is -0.404 e. The van der Waals surface area contributed by atoms with Crippen LogP contribution in [0.4, 0.5) is 0 Å². The summed E-state index contributed by atoms with van der Waals surface area (Å²) in [6, 6.07) is 0. The Kier molecular flexibility index (Phi) is 5.88. The maximum Gasteiger partial charge on any atom is 0.0118 e. The van der Waals surface area contributed by atoms with Crippen LogP contribution in [0.15, 0.2) is 35.8 Å². The highest BCUT2D eigenvalue weighted by molar-refractivity contribution is 5.19. The molecule has 12 heavy (non-hydrogen) atoms. The Labute approximate surface area is 74.8 Å². The molecule has 0 heterocycles. The molecule has 0 amide bonds. The zero-order valence-corrected chi connectivity index (χ0v) is 8.09. The van der Waals surface area contributed by atoms with Gasteiger partial charge in [-0.15, -0.1) is 0 Å². The van der Waals surface area contributed by atoms with Gasteiger partial charge in [-0.1, -0.05) is 13.0 Å². The first kappa shape index (κ1) is 10.8. The maximum absolute atomic E-state index is 5.32. The summed E-state index contributed by atoms with van der Waals surface area (Å²) >= 11 is 0. The molecule has 0 saturated carbocycles. The molecule has 2 heteroatoms. The third-order valence-electron chi connectivity index (χ3n) is 1.37. The van der Waals surface area contributed by atoms with Crippen LogP contribution in [0.5, 0.6) is 0 Å². The van der Waals surface area contributed by atoms with Crippen molar-refractivity contribution >= 4 is 0 Å². The third kappa shape index (κ3) is 5.59. The van der Waals surface area contributed by atoms with E-state index in [1.807, 2.05) is 26.1 Å². The summed E-state index contributed by atoms with van der Waals surface area (Å²) in [5, 5.41) is 3.13. The van der Waals surface area contributed by atoms with Crippen molar-refractivity contribution in [2.24, 2.45) is 5.73 Å². The first-order chi connectivity index (χ1) is 5.70. The van der Waals surface area contributed by atoms with Crippen molar-refractivity contribution in [3.05, 3.63) is 35.8 Å². The second-order valence-electron chi connectivity index (χ2n) is 2.69. The SMILES string of the molecule is CC/C=C\N/C(C)=C/C(C)=C\N. The summed E-state index contributed by atoms with van der Waals surface area (Å²) in [6.07, 6.45) is 8.65. The summed E-state index contributed by atoms with van der Waals surface area (Å²) in [7, 11) is 0. The molecule has 0 aliphatic carbocycles. The van der Waals surface area contributed by atoms with Gasteiger partial charge in [-0.2, -0.15) is 0 Å². The first-order valence-electron chi connectivity index (χ1n) is 4.19. The van der Waals surface area contributed by atoms with E-state index in [2.05, 4.69) is 18.3 Å². The van der Waals surface area contributed by atoms with E-state index in [9.17, 15) is 0 Å². The van der Waals surface area contributed by atoms with E-state index in [1.165, 1.54) is 0 Å². The lowest BCUT2D eigenvalue weighted by molar-refractivity contribution is 1.03. The van der Waals surface area contributed by atoms with Crippen LogP contribution in [-0.4, -0.2) is 0 Å². The predicted molar refractivity (Wildman–Crippen MR) is 54.3 cm³/mol. The minimum absolute atomic E-state index is 1.05. The Morgan fingerprint density at radius 2 is 2.08 bits per heavy atom. The smallest absolute Gasteiger partial charge is 0.0118 e. The second kappa shape index (κ2) is 6.53. The van der Waals surface area contributed by atoms with Crippen LogP contribution < -0.4 is 11.1 Å². The standard InChI is InChI=1S/C10H18N2/c1-4-5-6-12-10(3)7-9(2)8-11/h5-8,12H,4,11H2,1-3H3/b6-5-,9-8-,10-7+. The topological polar surface area (TPSA) is 38.0 Å². The number of hydrogen-bond donors (Lipinski definition) is 2. The van der Waals surface area contributed by atoms with E-state index >= 15 is 0 Å². The Hall–Kier alpha value is -1.18.